The van der Waals surface area contributed by atoms with Gasteiger partial charge in [-0.25, -0.2) is 0 Å². The average molecular weight is 710 g/mol. The fourth-order valence-corrected chi connectivity index (χ4v) is 15.2. The third-order valence-electron chi connectivity index (χ3n) is 9.51. The van der Waals surface area contributed by atoms with E-state index in [1.54, 1.807) is 0 Å². The summed E-state index contributed by atoms with van der Waals surface area (Å²) >= 11 is 2.57. The Hall–Kier alpha value is -1.58. The van der Waals surface area contributed by atoms with Crippen LogP contribution in [0.25, 0.3) is 6.08 Å². The molecule has 0 heterocycles. The fourth-order valence-electron chi connectivity index (χ4n) is 7.07. The molecule has 0 saturated carbocycles. The van der Waals surface area contributed by atoms with Crippen molar-refractivity contribution in [1.29, 1.82) is 0 Å². The van der Waals surface area contributed by atoms with Crippen LogP contribution >= 0.6 is 0 Å². The number of hydrogen-bond acceptors (Lipinski definition) is 0. The average Bonchev–Trinajstić information content (AvgIpc) is 3.30. The maximum Gasteiger partial charge on any atom is -1.00 e. The van der Waals surface area contributed by atoms with Crippen LogP contribution in [0.2, 0.25) is 0 Å². The molecule has 4 aromatic carbocycles. The van der Waals surface area contributed by atoms with Gasteiger partial charge in [-0.3, -0.25) is 0 Å². The molecule has 0 fully saturated rings. The molecule has 236 valence electrons. The molecule has 0 amide bonds. The van der Waals surface area contributed by atoms with E-state index in [4.69, 9.17) is 0 Å². The molecule has 5 heteroatoms. The molecular formula is C40H47Cl3SiTi. The Labute approximate surface area is 304 Å². The zero-order valence-corrected chi connectivity index (χ0v) is 32.1. The van der Waals surface area contributed by atoms with Gasteiger partial charge in [-0.05, 0) is 0 Å². The third kappa shape index (κ3) is 7.77. The van der Waals surface area contributed by atoms with Crippen LogP contribution in [0.5, 0.6) is 0 Å². The van der Waals surface area contributed by atoms with E-state index in [9.17, 15) is 0 Å². The Balaban J connectivity index is 0.00000235. The normalized spacial score (nSPS) is 15.3. The number of allylic oxidation sites excluding steroid dienone is 1. The molecule has 0 aromatic heterocycles. The van der Waals surface area contributed by atoms with Gasteiger partial charge < -0.3 is 37.2 Å². The quantitative estimate of drug-likeness (QED) is 0.131. The van der Waals surface area contributed by atoms with E-state index in [2.05, 4.69) is 151 Å². The molecule has 1 atom stereocenters. The van der Waals surface area contributed by atoms with Crippen LogP contribution in [0.15, 0.2) is 103 Å². The van der Waals surface area contributed by atoms with Crippen molar-refractivity contribution >= 4 is 29.7 Å². The Morgan fingerprint density at radius 2 is 0.889 bits per heavy atom. The van der Waals surface area contributed by atoms with Gasteiger partial charge in [0.25, 0.3) is 0 Å². The number of aryl methyl sites for hydroxylation is 3. The van der Waals surface area contributed by atoms with Gasteiger partial charge in [-0.15, -0.1) is 0 Å². The minimum absolute atomic E-state index is 0. The Morgan fingerprint density at radius 3 is 1.24 bits per heavy atom. The van der Waals surface area contributed by atoms with Crippen LogP contribution in [-0.2, 0) is 43.0 Å². The molecule has 0 saturated heterocycles. The van der Waals surface area contributed by atoms with Crippen LogP contribution in [0.3, 0.4) is 0 Å². The summed E-state index contributed by atoms with van der Waals surface area (Å²) in [6.45, 7) is 9.25. The first kappa shape index (κ1) is 39.6. The molecule has 45 heavy (non-hydrogen) atoms. The zero-order chi connectivity index (χ0) is 29.6. The number of hydrogen-bond donors (Lipinski definition) is 0. The van der Waals surface area contributed by atoms with Crippen molar-refractivity contribution in [1.82, 2.24) is 0 Å². The van der Waals surface area contributed by atoms with Crippen LogP contribution < -0.4 is 52.8 Å². The van der Waals surface area contributed by atoms with Crippen molar-refractivity contribution in [2.24, 2.45) is 0 Å². The molecule has 4 aromatic rings. The molecule has 1 aliphatic rings. The van der Waals surface area contributed by atoms with Crippen LogP contribution in [-0.4, -0.2) is 8.07 Å². The second kappa shape index (κ2) is 18.1. The maximum atomic E-state index is 2.57. The van der Waals surface area contributed by atoms with Crippen LogP contribution in [0.1, 0.15) is 94.0 Å². The first-order valence-electron chi connectivity index (χ1n) is 16.3. The Morgan fingerprint density at radius 1 is 0.533 bits per heavy atom. The SMILES string of the molecule is CCCCc1ccc([Si](c2ccc(CCCC)cc2)(c2ccc(CCCC)cc2)[C]2([Ti+3])C(C)=Cc3ccccc32)cc1.[Cl-].[Cl-].[Cl-]. The summed E-state index contributed by atoms with van der Waals surface area (Å²) in [5.74, 6) is 0. The van der Waals surface area contributed by atoms with E-state index in [1.807, 2.05) is 0 Å². The molecule has 0 aliphatic heterocycles. The van der Waals surface area contributed by atoms with Crippen LogP contribution in [0, 0.1) is 0 Å². The fraction of sp³-hybridized carbons (Fsp3) is 0.350. The van der Waals surface area contributed by atoms with Gasteiger partial charge in [0, 0.05) is 0 Å². The molecule has 5 rings (SSSR count). The van der Waals surface area contributed by atoms with E-state index >= 15 is 0 Å². The van der Waals surface area contributed by atoms with Crippen molar-refractivity contribution in [2.45, 2.75) is 88.8 Å². The molecule has 0 spiro atoms. The summed E-state index contributed by atoms with van der Waals surface area (Å²) in [4.78, 5) is 0. The molecular weight excluding hydrogens is 663 g/mol. The summed E-state index contributed by atoms with van der Waals surface area (Å²) in [6, 6.07) is 38.8. The first-order valence-corrected chi connectivity index (χ1v) is 19.1. The van der Waals surface area contributed by atoms with Crippen molar-refractivity contribution in [3.63, 3.8) is 0 Å². The Kier molecular flexibility index (Phi) is 15.9. The third-order valence-corrected chi connectivity index (χ3v) is 17.7. The zero-order valence-electron chi connectivity index (χ0n) is 27.3. The second-order valence-electron chi connectivity index (χ2n) is 12.3. The minimum atomic E-state index is -2.66. The molecule has 0 N–H and O–H groups in total. The van der Waals surface area contributed by atoms with E-state index in [1.165, 1.54) is 87.5 Å². The standard InChI is InChI=1S/C40H47Si.3ClH.Ti/c1-5-8-13-32-18-24-36(25-19-32)41(37-26-20-33(21-27-37)14-9-6-2,38-28-22-34(23-29-38)15-10-7-3)40-31(4)30-35-16-11-12-17-39(35)40;;;;/h11-12,16-30H,5-10,13-15H2,1-4H3;3*1H;/q;;;;+3/p-3. The van der Waals surface area contributed by atoms with Gasteiger partial charge in [0.1, 0.15) is 0 Å². The largest absolute Gasteiger partial charge is 1.00 e. The van der Waals surface area contributed by atoms with Crippen molar-refractivity contribution in [3.8, 4) is 0 Å². The van der Waals surface area contributed by atoms with E-state index in [-0.39, 0.29) is 40.6 Å². The number of fused-ring (bicyclic) bond motifs is 1. The number of benzene rings is 4. The van der Waals surface area contributed by atoms with Crippen molar-refractivity contribution < 1.29 is 57.7 Å². The van der Waals surface area contributed by atoms with E-state index < -0.39 is 8.07 Å². The van der Waals surface area contributed by atoms with E-state index in [0.717, 1.165) is 19.3 Å². The van der Waals surface area contributed by atoms with Gasteiger partial charge in [-0.1, -0.05) is 0 Å². The van der Waals surface area contributed by atoms with Gasteiger partial charge in [0.05, 0.1) is 0 Å². The summed E-state index contributed by atoms with van der Waals surface area (Å²) in [7, 11) is -2.66. The monoisotopic (exact) mass is 708 g/mol. The number of rotatable bonds is 13. The molecule has 0 radical (unpaired) electrons. The topological polar surface area (TPSA) is 0 Å². The van der Waals surface area contributed by atoms with Crippen LogP contribution in [0.4, 0.5) is 0 Å². The van der Waals surface area contributed by atoms with Gasteiger partial charge >= 0.3 is 269 Å². The summed E-state index contributed by atoms with van der Waals surface area (Å²) in [5, 5.41) is 4.53. The predicted octanol–water partition coefficient (Wildman–Crippen LogP) is -0.405. The second-order valence-corrected chi connectivity index (χ2v) is 18.3. The molecule has 0 bridgehead atoms. The molecule has 1 unspecified atom stereocenters. The summed E-state index contributed by atoms with van der Waals surface area (Å²) in [6.07, 6.45) is 13.4. The first-order chi connectivity index (χ1) is 20.5. The van der Waals surface area contributed by atoms with Gasteiger partial charge in [-0.2, -0.15) is 0 Å². The van der Waals surface area contributed by atoms with E-state index in [0.29, 0.717) is 0 Å². The van der Waals surface area contributed by atoms with Gasteiger partial charge in [0.15, 0.2) is 0 Å². The smallest absolute Gasteiger partial charge is 1.00 e. The molecule has 1 aliphatic carbocycles. The maximum absolute atomic E-state index is 2.66. The minimum Gasteiger partial charge on any atom is -1.00 e. The number of unbranched alkanes of at least 4 members (excludes halogenated alkanes) is 3. The van der Waals surface area contributed by atoms with Crippen molar-refractivity contribution in [2.75, 3.05) is 0 Å². The Bertz CT molecular complexity index is 1370. The summed E-state index contributed by atoms with van der Waals surface area (Å²) < 4.78 is -0.121. The van der Waals surface area contributed by atoms with Crippen molar-refractivity contribution in [3.05, 3.63) is 130 Å². The number of halogens is 3. The molecule has 0 nitrogen and oxygen atoms in total. The van der Waals surface area contributed by atoms with Gasteiger partial charge in [0.2, 0.25) is 0 Å². The summed E-state index contributed by atoms with van der Waals surface area (Å²) in [5.41, 5.74) is 8.71. The predicted molar refractivity (Wildman–Crippen MR) is 182 cm³/mol.